The molecule has 148 heavy (non-hydrogen) atoms. The molecule has 0 fully saturated rings. The van der Waals surface area contributed by atoms with E-state index < -0.39 is 133 Å². The van der Waals surface area contributed by atoms with Crippen LogP contribution in [0.3, 0.4) is 0 Å². The molecule has 3 aromatic carbocycles. The van der Waals surface area contributed by atoms with E-state index >= 15 is 0 Å². The van der Waals surface area contributed by atoms with Gasteiger partial charge in [-0.15, -0.1) is 0 Å². The summed E-state index contributed by atoms with van der Waals surface area (Å²) in [5, 5.41) is 203. The number of hydrogen-bond acceptors (Lipinski definition) is 36. The summed E-state index contributed by atoms with van der Waals surface area (Å²) in [6.45, 7) is 24.5. The van der Waals surface area contributed by atoms with Crippen LogP contribution >= 0.6 is 0 Å². The molecule has 3 aromatic heterocycles. The number of carboxylic acid groups (broad SMARTS) is 10. The molecule has 0 aliphatic rings. The predicted molar refractivity (Wildman–Crippen MR) is 552 cm³/mol. The number of nitriles is 5. The maximum Gasteiger partial charge on any atom is 0.338 e. The topological polar surface area (TPSA) is 947 Å². The van der Waals surface area contributed by atoms with E-state index in [0.717, 1.165) is 64.2 Å². The number of pyridine rings is 3. The van der Waals surface area contributed by atoms with Gasteiger partial charge in [0.1, 0.15) is 42.3 Å². The average Bonchev–Trinajstić information content (AvgIpc) is 0.901. The molecule has 0 aliphatic heterocycles. The van der Waals surface area contributed by atoms with Crippen LogP contribution in [0.25, 0.3) is 0 Å². The molecule has 46 heteroatoms. The lowest BCUT2D eigenvalue weighted by Crippen LogP contribution is -2.34. The zero-order chi connectivity index (χ0) is 116. The van der Waals surface area contributed by atoms with E-state index in [4.69, 9.17) is 175 Å². The number of hydrogen-bond donors (Lipinski definition) is 28. The number of aliphatic carboxylic acids is 10. The van der Waals surface area contributed by atoms with Gasteiger partial charge in [0.2, 0.25) is 0 Å². The van der Waals surface area contributed by atoms with Crippen LogP contribution < -0.4 is 51.6 Å². The monoisotopic (exact) mass is 2090 g/mol. The van der Waals surface area contributed by atoms with Crippen molar-refractivity contribution in [2.24, 2.45) is 67.8 Å². The van der Waals surface area contributed by atoms with Gasteiger partial charge in [-0.3, -0.25) is 43.7 Å². The zero-order valence-corrected chi connectivity index (χ0v) is 86.6. The van der Waals surface area contributed by atoms with Gasteiger partial charge >= 0.3 is 59.7 Å². The van der Waals surface area contributed by atoms with Crippen molar-refractivity contribution in [2.45, 2.75) is 309 Å². The first-order chi connectivity index (χ1) is 69.0. The van der Waals surface area contributed by atoms with Gasteiger partial charge in [0, 0.05) is 38.4 Å². The summed E-state index contributed by atoms with van der Waals surface area (Å²) in [5.41, 5.74) is 49.7. The summed E-state index contributed by atoms with van der Waals surface area (Å²) in [7, 11) is 0. The highest BCUT2D eigenvalue weighted by atomic mass is 16.4. The normalized spacial score (nSPS) is 13.0. The lowest BCUT2D eigenvalue weighted by molar-refractivity contribution is -0.148. The molecular formula is C102H163N17O29. The highest BCUT2D eigenvalue weighted by molar-refractivity contribution is 5.77. The van der Waals surface area contributed by atoms with Gasteiger partial charge < -0.3 is 149 Å². The summed E-state index contributed by atoms with van der Waals surface area (Å²) in [4.78, 5) is 113. The summed E-state index contributed by atoms with van der Waals surface area (Å²) in [5.74, 6) is -10.6. The van der Waals surface area contributed by atoms with Crippen molar-refractivity contribution in [2.75, 3.05) is 19.8 Å². The van der Waals surface area contributed by atoms with Crippen LogP contribution in [0.2, 0.25) is 0 Å². The van der Waals surface area contributed by atoms with Crippen LogP contribution in [0.5, 0.6) is 0 Å². The van der Waals surface area contributed by atoms with Crippen molar-refractivity contribution in [3.63, 3.8) is 0 Å². The lowest BCUT2D eigenvalue weighted by Gasteiger charge is -2.20. The predicted octanol–water partition coefficient (Wildman–Crippen LogP) is 8.16. The lowest BCUT2D eigenvalue weighted by atomic mass is 9.88. The van der Waals surface area contributed by atoms with E-state index in [-0.39, 0.29) is 65.6 Å². The number of aliphatic hydroxyl groups is 9. The Labute approximate surface area is 866 Å². The number of aliphatic hydroxyl groups excluding tert-OH is 9. The van der Waals surface area contributed by atoms with Crippen LogP contribution in [0.4, 0.5) is 0 Å². The van der Waals surface area contributed by atoms with Crippen molar-refractivity contribution in [3.8, 4) is 30.3 Å². The molecule has 5 unspecified atom stereocenters. The van der Waals surface area contributed by atoms with Crippen molar-refractivity contribution >= 4 is 59.7 Å². The first-order valence-electron chi connectivity index (χ1n) is 46.9. The number of aromatic nitrogens is 3. The van der Waals surface area contributed by atoms with Gasteiger partial charge in [-0.2, -0.15) is 26.3 Å². The molecular weight excluding hydrogens is 1930 g/mol. The number of nitrogens with two attached hydrogens (primary N) is 9. The minimum Gasteiger partial charge on any atom is -0.480 e. The highest BCUT2D eigenvalue weighted by Gasteiger charge is 2.24. The van der Waals surface area contributed by atoms with E-state index in [9.17, 15) is 47.9 Å². The summed E-state index contributed by atoms with van der Waals surface area (Å²) < 4.78 is 0. The fraction of sp³-hybridized carbons (Fsp3) is 0.529. The van der Waals surface area contributed by atoms with E-state index in [1.807, 2.05) is 79.7 Å². The second-order valence-corrected chi connectivity index (χ2v) is 35.3. The molecule has 46 nitrogen and oxygen atoms in total. The van der Waals surface area contributed by atoms with Gasteiger partial charge in [-0.05, 0) is 166 Å². The fourth-order valence-corrected chi connectivity index (χ4v) is 9.72. The highest BCUT2D eigenvalue weighted by Crippen LogP contribution is 2.23. The van der Waals surface area contributed by atoms with Gasteiger partial charge in [-0.25, -0.2) is 19.2 Å². The van der Waals surface area contributed by atoms with Crippen LogP contribution in [-0.4, -0.2) is 246 Å². The minimum absolute atomic E-state index is 0.00218. The molecule has 3 heterocycles. The molecule has 830 valence electrons. The quantitative estimate of drug-likeness (QED) is 0.0127. The molecule has 0 radical (unpaired) electrons. The smallest absolute Gasteiger partial charge is 0.338 e. The standard InChI is InChI=1S/C8H7NO.2C8H8O3.C7H6N2O.C7H14N2.2C7H7NO3.2C7H15NO2.C6H12N2O.C6H12N2.2C6H13NO3.2C6H13NO2/c9-6-8(10)7-4-2-1-3-5-7;2*9-7(8(10)11)6-4-2-1-3-5-6;8-5-7(10)6-3-1-2-4-9-6;1-7(2,3)4-6(9)5-8;2*9-6(7(10)11)5-3-1-2-4-8-5;2*1-7(2,3)4-5(8)6(9)10;7-5-6(8)3-1-2-4-9;1-2-3-4-6(8)5-7;2*7-5(6(9)10)3-1-2-4-8;2*1-2-3-4-5(7)6(8)9/h1-5,8,10H;2*1-5,7,9H,(H,10,11);1-4,7,10H;6H,4,9H2,1-3H3;2*1-4,6,9H,(H,10,11);2*5H,4,8H2,1-3H3,(H,9,10);6,9H,1-4,8H2;6H,2-4,8H2,1H3;2*5,8H,1-4,7H2,(H,9,10);2*5H,2-4,7H2,1H3,(H,8,9)/t;2*7-;;;2*6-;2*5-;;;4*5-/m.10..1010..1010/s1. The second-order valence-electron chi connectivity index (χ2n) is 35.3. The van der Waals surface area contributed by atoms with Gasteiger partial charge in [0.15, 0.2) is 36.6 Å². The Morgan fingerprint density at radius 1 is 0.264 bits per heavy atom. The fourth-order valence-electron chi connectivity index (χ4n) is 9.72. The Morgan fingerprint density at radius 3 is 0.682 bits per heavy atom. The van der Waals surface area contributed by atoms with Gasteiger partial charge in [0.05, 0.1) is 59.5 Å². The van der Waals surface area contributed by atoms with Crippen molar-refractivity contribution in [3.05, 3.63) is 198 Å². The van der Waals surface area contributed by atoms with Gasteiger partial charge in [-0.1, -0.05) is 231 Å². The van der Waals surface area contributed by atoms with E-state index in [1.165, 1.54) is 30.7 Å². The van der Waals surface area contributed by atoms with Crippen LogP contribution in [0, 0.1) is 72.9 Å². The van der Waals surface area contributed by atoms with Crippen molar-refractivity contribution in [1.82, 2.24) is 15.0 Å². The maximum absolute atomic E-state index is 10.3. The van der Waals surface area contributed by atoms with E-state index in [1.54, 1.807) is 140 Å². The Hall–Kier alpha value is -13.5. The molecule has 0 bridgehead atoms. The van der Waals surface area contributed by atoms with Crippen molar-refractivity contribution < 1.29 is 145 Å². The number of unbranched alkanes of at least 4 members (excludes halogenated alkanes) is 6. The minimum atomic E-state index is -1.52. The molecule has 15 atom stereocenters. The Kier molecular flexibility index (Phi) is 98.5. The molecule has 37 N–H and O–H groups in total. The molecule has 0 aliphatic carbocycles. The Bertz CT molecular complexity index is 4260. The maximum atomic E-state index is 10.3. The summed E-state index contributed by atoms with van der Waals surface area (Å²) in [6, 6.07) is 44.0. The zero-order valence-electron chi connectivity index (χ0n) is 86.6. The largest absolute Gasteiger partial charge is 0.480 e. The molecule has 0 spiro atoms. The van der Waals surface area contributed by atoms with Crippen LogP contribution in [0.15, 0.2) is 164 Å². The molecule has 0 saturated heterocycles. The molecule has 6 rings (SSSR count). The second kappa shape index (κ2) is 95.7. The molecule has 0 amide bonds. The molecule has 6 aromatic rings. The molecule has 0 saturated carbocycles. The number of benzene rings is 3. The van der Waals surface area contributed by atoms with Gasteiger partial charge in [0.25, 0.3) is 0 Å². The van der Waals surface area contributed by atoms with E-state index in [2.05, 4.69) is 42.6 Å². The van der Waals surface area contributed by atoms with Crippen LogP contribution in [-0.2, 0) is 47.9 Å². The number of nitrogens with zero attached hydrogens (tertiary/aromatic N) is 8. The Balaban J connectivity index is -0.000000200. The third kappa shape index (κ3) is 101. The number of carbonyl (C=O) groups is 10. The van der Waals surface area contributed by atoms with E-state index in [0.29, 0.717) is 93.0 Å². The first kappa shape index (κ1) is 152. The third-order valence-electron chi connectivity index (χ3n) is 17.7. The Morgan fingerprint density at radius 2 is 0.486 bits per heavy atom. The third-order valence-corrected chi connectivity index (χ3v) is 17.7. The summed E-state index contributed by atoms with van der Waals surface area (Å²) in [6.07, 6.45) is 12.0. The SMILES string of the molecule is CC(C)(C)CC(N)C#N.CC(C)(C)C[C@@H](N)C(=O)O.CC(C)(C)C[C@H](N)C(=O)O.CCCCC(N)C#N.CCCC[C@@H](N)C(=O)O.CCCC[C@H](N)C(=O)O.N#CC(N)CCCCO.N#CC(O)c1ccccc1.N#CC(O)c1ccccn1.N[C@@H](CCCCO)C(=O)O.N[C@H](CCCCO)C(=O)O.O=C(O)[C@@H](O)c1ccccc1.O=C(O)[C@@H](O)c1ccccn1.O=C(O)[C@H](O)c1ccccc1.O=C(O)[C@H](O)c1ccccn1. The summed E-state index contributed by atoms with van der Waals surface area (Å²) >= 11 is 0. The van der Waals surface area contributed by atoms with Crippen molar-refractivity contribution in [1.29, 1.82) is 26.3 Å². The van der Waals surface area contributed by atoms with Crippen LogP contribution in [0.1, 0.15) is 288 Å². The first-order valence-corrected chi connectivity index (χ1v) is 46.9. The number of carboxylic acids is 10. The number of rotatable bonds is 40. The average molecular weight is 2090 g/mol.